The second-order valence-electron chi connectivity index (χ2n) is 6.42. The van der Waals surface area contributed by atoms with Crippen LogP contribution in [0.5, 0.6) is 0 Å². The van der Waals surface area contributed by atoms with Crippen LogP contribution >= 0.6 is 69.5 Å². The summed E-state index contributed by atoms with van der Waals surface area (Å²) in [4.78, 5) is 41.4. The molecule has 33 heavy (non-hydrogen) atoms. The molecule has 0 aliphatic rings. The Morgan fingerprint density at radius 3 is 2.12 bits per heavy atom. The third-order valence-corrected chi connectivity index (χ3v) is 7.75. The van der Waals surface area contributed by atoms with E-state index in [0.717, 1.165) is 10.6 Å². The van der Waals surface area contributed by atoms with Crippen LogP contribution < -0.4 is 10.6 Å². The van der Waals surface area contributed by atoms with Gasteiger partial charge in [0.1, 0.15) is 0 Å². The molecular weight excluding hydrogens is 552 g/mol. The Hall–Kier alpha value is -2.01. The predicted octanol–water partition coefficient (Wildman–Crippen LogP) is 6.75. The van der Waals surface area contributed by atoms with Gasteiger partial charge in [-0.25, -0.2) is 9.78 Å². The summed E-state index contributed by atoms with van der Waals surface area (Å²) in [5.74, 6) is -2.33. The quantitative estimate of drug-likeness (QED) is 0.166. The number of amides is 2. The van der Waals surface area contributed by atoms with E-state index >= 15 is 0 Å². The summed E-state index contributed by atoms with van der Waals surface area (Å²) in [6, 6.07) is 6.58. The van der Waals surface area contributed by atoms with Crippen molar-refractivity contribution >= 4 is 98.1 Å². The Kier molecular flexibility index (Phi) is 8.49. The smallest absolute Gasteiger partial charge is 0.338 e. The van der Waals surface area contributed by atoms with Crippen molar-refractivity contribution in [1.29, 1.82) is 0 Å². The van der Waals surface area contributed by atoms with Crippen molar-refractivity contribution in [3.05, 3.63) is 66.6 Å². The van der Waals surface area contributed by atoms with Crippen LogP contribution in [0.2, 0.25) is 20.1 Å². The molecule has 0 unspecified atom stereocenters. The number of rotatable bonds is 7. The molecule has 3 rings (SSSR count). The van der Waals surface area contributed by atoms with Crippen molar-refractivity contribution in [2.75, 3.05) is 16.4 Å². The molecular formula is C20H13Cl4N3O4S2. The molecule has 13 heteroatoms. The Balaban J connectivity index is 1.68. The zero-order chi connectivity index (χ0) is 24.3. The van der Waals surface area contributed by atoms with Gasteiger partial charge in [-0.2, -0.15) is 0 Å². The molecule has 2 amide bonds. The Labute approximate surface area is 216 Å². The van der Waals surface area contributed by atoms with Crippen molar-refractivity contribution < 1.29 is 19.5 Å². The minimum absolute atomic E-state index is 0.170. The number of carboxylic acid groups (broad SMARTS) is 1. The van der Waals surface area contributed by atoms with Crippen molar-refractivity contribution in [3.63, 3.8) is 0 Å². The van der Waals surface area contributed by atoms with Gasteiger partial charge < -0.3 is 15.7 Å². The first kappa shape index (κ1) is 25.6. The maximum atomic E-state index is 12.8. The molecule has 172 valence electrons. The number of hydrogen-bond acceptors (Lipinski definition) is 6. The fourth-order valence-electron chi connectivity index (χ4n) is 2.59. The van der Waals surface area contributed by atoms with Gasteiger partial charge in [-0.3, -0.25) is 9.59 Å². The van der Waals surface area contributed by atoms with Crippen molar-refractivity contribution in [2.24, 2.45) is 0 Å². The number of anilines is 2. The van der Waals surface area contributed by atoms with E-state index < -0.39 is 23.0 Å². The first-order chi connectivity index (χ1) is 15.6. The van der Waals surface area contributed by atoms with Crippen LogP contribution in [0.25, 0.3) is 0 Å². The zero-order valence-corrected chi connectivity index (χ0v) is 21.2. The highest BCUT2D eigenvalue weighted by Crippen LogP contribution is 2.41. The topological polar surface area (TPSA) is 108 Å². The van der Waals surface area contributed by atoms with Crippen LogP contribution in [0.3, 0.4) is 0 Å². The highest BCUT2D eigenvalue weighted by molar-refractivity contribution is 8.00. The number of halogens is 4. The molecule has 3 N–H and O–H groups in total. The first-order valence-electron chi connectivity index (χ1n) is 8.94. The van der Waals surface area contributed by atoms with E-state index in [1.165, 1.54) is 23.1 Å². The molecule has 0 saturated heterocycles. The lowest BCUT2D eigenvalue weighted by atomic mass is 10.1. The van der Waals surface area contributed by atoms with E-state index in [0.29, 0.717) is 10.8 Å². The average Bonchev–Trinajstić information content (AvgIpc) is 3.18. The summed E-state index contributed by atoms with van der Waals surface area (Å²) in [7, 11) is 0. The first-order valence-corrected chi connectivity index (χ1v) is 12.3. The molecule has 1 aromatic heterocycles. The third kappa shape index (κ3) is 6.11. The van der Waals surface area contributed by atoms with E-state index in [1.54, 1.807) is 24.3 Å². The molecule has 0 bridgehead atoms. The molecule has 0 spiro atoms. The normalized spacial score (nSPS) is 10.7. The van der Waals surface area contributed by atoms with Gasteiger partial charge in [0.25, 0.3) is 5.91 Å². The number of aromatic nitrogens is 1. The second-order valence-corrected chi connectivity index (χ2v) is 9.84. The Bertz CT molecular complexity index is 1250. The maximum Gasteiger partial charge on any atom is 0.338 e. The molecule has 7 nitrogen and oxygen atoms in total. The largest absolute Gasteiger partial charge is 0.478 e. The summed E-state index contributed by atoms with van der Waals surface area (Å²) in [6.07, 6.45) is 0. The van der Waals surface area contributed by atoms with Crippen LogP contribution in [0, 0.1) is 6.92 Å². The van der Waals surface area contributed by atoms with E-state index in [-0.39, 0.29) is 31.8 Å². The summed E-state index contributed by atoms with van der Waals surface area (Å²) < 4.78 is 0. The summed E-state index contributed by atoms with van der Waals surface area (Å²) in [6.45, 7) is 1.84. The van der Waals surface area contributed by atoms with Crippen molar-refractivity contribution in [1.82, 2.24) is 4.98 Å². The number of thioether (sulfide) groups is 1. The number of benzene rings is 2. The summed E-state index contributed by atoms with van der Waals surface area (Å²) >= 11 is 26.6. The molecule has 3 aromatic rings. The lowest BCUT2D eigenvalue weighted by Crippen LogP contribution is -2.18. The van der Waals surface area contributed by atoms with Gasteiger partial charge in [-0.1, -0.05) is 46.4 Å². The third-order valence-electron chi connectivity index (χ3n) is 4.06. The molecule has 0 aliphatic heterocycles. The SMILES string of the molecule is Cc1csc(NC(=O)CSc2ccc(NC(=O)c3c(Cl)c(Cl)c(Cl)c(Cl)c3C(=O)O)cc2)n1. The predicted molar refractivity (Wildman–Crippen MR) is 134 cm³/mol. The second kappa shape index (κ2) is 10.9. The number of thiazole rings is 1. The number of aromatic carboxylic acids is 1. The van der Waals surface area contributed by atoms with E-state index in [9.17, 15) is 19.5 Å². The van der Waals surface area contributed by atoms with Gasteiger partial charge in [-0.15, -0.1) is 23.1 Å². The van der Waals surface area contributed by atoms with E-state index in [4.69, 9.17) is 46.4 Å². The van der Waals surface area contributed by atoms with Crippen molar-refractivity contribution in [3.8, 4) is 0 Å². The Morgan fingerprint density at radius 2 is 1.58 bits per heavy atom. The van der Waals surface area contributed by atoms with Gasteiger partial charge in [0.05, 0.1) is 42.7 Å². The minimum atomic E-state index is -1.48. The molecule has 0 atom stereocenters. The van der Waals surface area contributed by atoms with Crippen LogP contribution in [-0.4, -0.2) is 33.6 Å². The fraction of sp³-hybridized carbons (Fsp3) is 0.100. The number of hydrogen-bond donors (Lipinski definition) is 3. The molecule has 1 heterocycles. The number of carbonyl (C=O) groups is 3. The number of aryl methyl sites for hydroxylation is 1. The van der Waals surface area contributed by atoms with Crippen LogP contribution in [0.4, 0.5) is 10.8 Å². The zero-order valence-electron chi connectivity index (χ0n) is 16.5. The molecule has 2 aromatic carbocycles. The number of nitrogens with zero attached hydrogens (tertiary/aromatic N) is 1. The summed E-state index contributed by atoms with van der Waals surface area (Å²) in [5, 5.41) is 15.9. The van der Waals surface area contributed by atoms with Gasteiger partial charge in [-0.05, 0) is 31.2 Å². The van der Waals surface area contributed by atoms with Crippen LogP contribution in [0.15, 0.2) is 34.5 Å². The lowest BCUT2D eigenvalue weighted by Gasteiger charge is -2.14. The number of carboxylic acids is 1. The minimum Gasteiger partial charge on any atom is -0.478 e. The molecule has 0 saturated carbocycles. The lowest BCUT2D eigenvalue weighted by molar-refractivity contribution is -0.113. The summed E-state index contributed by atoms with van der Waals surface area (Å²) in [5.41, 5.74) is 0.237. The molecule has 0 aliphatic carbocycles. The molecule has 0 fully saturated rings. The standard InChI is InChI=1S/C20H13Cl4N3O4S2/c1-8-6-33-20(25-8)27-11(28)7-32-10-4-2-9(3-5-10)26-18(29)12-13(19(30)31)15(22)17(24)16(23)14(12)21/h2-6H,7H2,1H3,(H,26,29)(H,30,31)(H,25,27,28). The maximum absolute atomic E-state index is 12.8. The number of nitrogens with one attached hydrogen (secondary N) is 2. The van der Waals surface area contributed by atoms with Crippen LogP contribution in [-0.2, 0) is 4.79 Å². The fourth-order valence-corrected chi connectivity index (χ4v) is 5.01. The van der Waals surface area contributed by atoms with E-state index in [1.807, 2.05) is 12.3 Å². The highest BCUT2D eigenvalue weighted by atomic mass is 35.5. The van der Waals surface area contributed by atoms with Gasteiger partial charge in [0, 0.05) is 16.0 Å². The van der Waals surface area contributed by atoms with E-state index in [2.05, 4.69) is 15.6 Å². The van der Waals surface area contributed by atoms with Gasteiger partial charge in [0.15, 0.2) is 5.13 Å². The van der Waals surface area contributed by atoms with Crippen molar-refractivity contribution in [2.45, 2.75) is 11.8 Å². The van der Waals surface area contributed by atoms with Crippen LogP contribution in [0.1, 0.15) is 26.4 Å². The Morgan fingerprint density at radius 1 is 0.970 bits per heavy atom. The monoisotopic (exact) mass is 563 g/mol. The highest BCUT2D eigenvalue weighted by Gasteiger charge is 2.28. The number of carbonyl (C=O) groups excluding carboxylic acids is 2. The molecule has 0 radical (unpaired) electrons. The van der Waals surface area contributed by atoms with Gasteiger partial charge >= 0.3 is 5.97 Å². The average molecular weight is 565 g/mol. The van der Waals surface area contributed by atoms with Gasteiger partial charge in [0.2, 0.25) is 5.91 Å².